The van der Waals surface area contributed by atoms with Crippen molar-refractivity contribution in [3.63, 3.8) is 0 Å². The average molecular weight is 178 g/mol. The van der Waals surface area contributed by atoms with Gasteiger partial charge < -0.3 is 24.8 Å². The third-order valence-corrected chi connectivity index (χ3v) is 2.03. The zero-order chi connectivity index (χ0) is 9.14. The molecule has 1 saturated heterocycles. The van der Waals surface area contributed by atoms with Crippen molar-refractivity contribution >= 4 is 0 Å². The van der Waals surface area contributed by atoms with Gasteiger partial charge in [0, 0.05) is 7.11 Å². The number of rotatable bonds is 2. The Balaban J connectivity index is 2.56. The van der Waals surface area contributed by atoms with Crippen molar-refractivity contribution in [2.75, 3.05) is 20.3 Å². The molecule has 1 aliphatic rings. The fourth-order valence-corrected chi connectivity index (χ4v) is 1.31. The number of ether oxygens (including phenoxy) is 2. The third kappa shape index (κ3) is 1.75. The van der Waals surface area contributed by atoms with Gasteiger partial charge in [-0.05, 0) is 0 Å². The van der Waals surface area contributed by atoms with E-state index < -0.39 is 24.4 Å². The lowest BCUT2D eigenvalue weighted by Crippen LogP contribution is -2.54. The summed E-state index contributed by atoms with van der Waals surface area (Å²) in [6.45, 7) is -0.186. The molecule has 1 rings (SSSR count). The molecule has 1 heterocycles. The van der Waals surface area contributed by atoms with Crippen molar-refractivity contribution in [1.82, 2.24) is 0 Å². The Morgan fingerprint density at radius 3 is 2.67 bits per heavy atom. The van der Waals surface area contributed by atoms with Crippen LogP contribution >= 0.6 is 0 Å². The SMILES string of the molecule is COC1C(O)COC(CO)[C@@H]1O. The molecule has 0 spiro atoms. The smallest absolute Gasteiger partial charge is 0.114 e. The summed E-state index contributed by atoms with van der Waals surface area (Å²) >= 11 is 0. The second-order valence-electron chi connectivity index (χ2n) is 2.81. The van der Waals surface area contributed by atoms with Crippen LogP contribution in [0.1, 0.15) is 0 Å². The van der Waals surface area contributed by atoms with Crippen LogP contribution < -0.4 is 0 Å². The van der Waals surface area contributed by atoms with Gasteiger partial charge in [-0.2, -0.15) is 0 Å². The van der Waals surface area contributed by atoms with Gasteiger partial charge in [-0.1, -0.05) is 0 Å². The minimum atomic E-state index is -0.969. The largest absolute Gasteiger partial charge is 0.394 e. The Morgan fingerprint density at radius 2 is 2.17 bits per heavy atom. The summed E-state index contributed by atoms with van der Waals surface area (Å²) in [7, 11) is 1.40. The average Bonchev–Trinajstić information content (AvgIpc) is 2.06. The number of aliphatic hydroxyl groups excluding tert-OH is 3. The van der Waals surface area contributed by atoms with E-state index >= 15 is 0 Å². The minimum Gasteiger partial charge on any atom is -0.394 e. The molecule has 0 aromatic carbocycles. The molecular formula is C7H14O5. The summed E-state index contributed by atoms with van der Waals surface area (Å²) in [6, 6.07) is 0. The Bertz CT molecular complexity index is 140. The molecule has 12 heavy (non-hydrogen) atoms. The first-order valence-electron chi connectivity index (χ1n) is 3.82. The molecule has 1 fully saturated rings. The van der Waals surface area contributed by atoms with Crippen LogP contribution in [0.15, 0.2) is 0 Å². The number of methoxy groups -OCH3 is 1. The van der Waals surface area contributed by atoms with E-state index in [1.54, 1.807) is 0 Å². The van der Waals surface area contributed by atoms with E-state index in [-0.39, 0.29) is 13.2 Å². The molecule has 5 nitrogen and oxygen atoms in total. The van der Waals surface area contributed by atoms with E-state index in [9.17, 15) is 10.2 Å². The van der Waals surface area contributed by atoms with E-state index in [4.69, 9.17) is 14.6 Å². The summed E-state index contributed by atoms with van der Waals surface area (Å²) in [5.74, 6) is 0. The van der Waals surface area contributed by atoms with Gasteiger partial charge in [0.1, 0.15) is 24.4 Å². The molecule has 0 amide bonds. The van der Waals surface area contributed by atoms with Crippen molar-refractivity contribution < 1.29 is 24.8 Å². The molecule has 4 atom stereocenters. The minimum absolute atomic E-state index is 0.0841. The van der Waals surface area contributed by atoms with Crippen LogP contribution in [0.25, 0.3) is 0 Å². The molecule has 0 radical (unpaired) electrons. The molecule has 0 bridgehead atoms. The van der Waals surface area contributed by atoms with Gasteiger partial charge >= 0.3 is 0 Å². The molecule has 5 heteroatoms. The van der Waals surface area contributed by atoms with Crippen LogP contribution in [-0.4, -0.2) is 60.1 Å². The monoisotopic (exact) mass is 178 g/mol. The van der Waals surface area contributed by atoms with Crippen molar-refractivity contribution in [1.29, 1.82) is 0 Å². The maximum Gasteiger partial charge on any atom is 0.114 e. The zero-order valence-electron chi connectivity index (χ0n) is 6.88. The Labute approximate surface area is 70.5 Å². The Kier molecular flexibility index (Phi) is 3.42. The molecule has 0 aromatic heterocycles. The quantitative estimate of drug-likeness (QED) is 0.461. The summed E-state index contributed by atoms with van der Waals surface area (Å²) in [6.07, 6.45) is -3.12. The van der Waals surface area contributed by atoms with E-state index in [1.165, 1.54) is 7.11 Å². The lowest BCUT2D eigenvalue weighted by atomic mass is 10.0. The molecule has 3 N–H and O–H groups in total. The van der Waals surface area contributed by atoms with Crippen molar-refractivity contribution in [3.05, 3.63) is 0 Å². The first kappa shape index (κ1) is 9.88. The highest BCUT2D eigenvalue weighted by Crippen LogP contribution is 2.17. The van der Waals surface area contributed by atoms with Crippen LogP contribution in [-0.2, 0) is 9.47 Å². The van der Waals surface area contributed by atoms with Gasteiger partial charge in [0.25, 0.3) is 0 Å². The molecule has 72 valence electrons. The zero-order valence-corrected chi connectivity index (χ0v) is 6.88. The number of hydrogen-bond donors (Lipinski definition) is 3. The summed E-state index contributed by atoms with van der Waals surface area (Å²) < 4.78 is 9.81. The van der Waals surface area contributed by atoms with E-state index in [2.05, 4.69) is 0 Å². The standard InChI is InChI=1S/C7H14O5/c1-11-7-4(9)3-12-5(2-8)6(7)10/h4-10H,2-3H2,1H3/t4?,5?,6-,7?/m0/s1. The second kappa shape index (κ2) is 4.15. The first-order chi connectivity index (χ1) is 5.70. The summed E-state index contributed by atoms with van der Waals surface area (Å²) in [5, 5.41) is 27.4. The second-order valence-corrected chi connectivity index (χ2v) is 2.81. The maximum absolute atomic E-state index is 9.43. The predicted octanol–water partition coefficient (Wildman–Crippen LogP) is -1.89. The van der Waals surface area contributed by atoms with Crippen molar-refractivity contribution in [3.8, 4) is 0 Å². The fraction of sp³-hybridized carbons (Fsp3) is 1.00. The molecular weight excluding hydrogens is 164 g/mol. The predicted molar refractivity (Wildman–Crippen MR) is 39.6 cm³/mol. The summed E-state index contributed by atoms with van der Waals surface area (Å²) in [4.78, 5) is 0. The Hall–Kier alpha value is -0.200. The highest BCUT2D eigenvalue weighted by atomic mass is 16.6. The Morgan fingerprint density at radius 1 is 1.50 bits per heavy atom. The van der Waals surface area contributed by atoms with Crippen LogP contribution in [0.3, 0.4) is 0 Å². The van der Waals surface area contributed by atoms with Gasteiger partial charge in [0.2, 0.25) is 0 Å². The lowest BCUT2D eigenvalue weighted by Gasteiger charge is -2.36. The van der Waals surface area contributed by atoms with Crippen LogP contribution in [0.2, 0.25) is 0 Å². The molecule has 1 aliphatic heterocycles. The van der Waals surface area contributed by atoms with Crippen molar-refractivity contribution in [2.45, 2.75) is 24.4 Å². The topological polar surface area (TPSA) is 79.2 Å². The van der Waals surface area contributed by atoms with E-state index in [1.807, 2.05) is 0 Å². The van der Waals surface area contributed by atoms with Gasteiger partial charge in [-0.25, -0.2) is 0 Å². The van der Waals surface area contributed by atoms with Gasteiger partial charge in [-0.3, -0.25) is 0 Å². The molecule has 3 unspecified atom stereocenters. The van der Waals surface area contributed by atoms with E-state index in [0.717, 1.165) is 0 Å². The van der Waals surface area contributed by atoms with Gasteiger partial charge in [-0.15, -0.1) is 0 Å². The number of hydrogen-bond acceptors (Lipinski definition) is 5. The summed E-state index contributed by atoms with van der Waals surface area (Å²) in [5.41, 5.74) is 0. The highest BCUT2D eigenvalue weighted by molar-refractivity contribution is 4.87. The molecule has 0 aliphatic carbocycles. The first-order valence-corrected chi connectivity index (χ1v) is 3.82. The molecule has 0 saturated carbocycles. The lowest BCUT2D eigenvalue weighted by molar-refractivity contribution is -0.203. The number of aliphatic hydroxyl groups is 3. The van der Waals surface area contributed by atoms with E-state index in [0.29, 0.717) is 0 Å². The molecule has 0 aromatic rings. The normalized spacial score (nSPS) is 43.0. The highest BCUT2D eigenvalue weighted by Gasteiger charge is 2.38. The van der Waals surface area contributed by atoms with Crippen LogP contribution in [0, 0.1) is 0 Å². The van der Waals surface area contributed by atoms with Crippen LogP contribution in [0.4, 0.5) is 0 Å². The van der Waals surface area contributed by atoms with Gasteiger partial charge in [0.15, 0.2) is 0 Å². The van der Waals surface area contributed by atoms with Crippen LogP contribution in [0.5, 0.6) is 0 Å². The maximum atomic E-state index is 9.43. The van der Waals surface area contributed by atoms with Gasteiger partial charge in [0.05, 0.1) is 13.2 Å². The third-order valence-electron chi connectivity index (χ3n) is 2.03. The van der Waals surface area contributed by atoms with Crippen molar-refractivity contribution in [2.24, 2.45) is 0 Å². The fourth-order valence-electron chi connectivity index (χ4n) is 1.31.